The lowest BCUT2D eigenvalue weighted by atomic mass is 9.70. The summed E-state index contributed by atoms with van der Waals surface area (Å²) in [6, 6.07) is 0.339. The van der Waals surface area contributed by atoms with E-state index in [1.165, 1.54) is 0 Å². The van der Waals surface area contributed by atoms with Gasteiger partial charge < -0.3 is 42.8 Å². The van der Waals surface area contributed by atoms with Crippen molar-refractivity contribution < 1.29 is 47.5 Å². The van der Waals surface area contributed by atoms with Gasteiger partial charge in [0.05, 0.1) is 30.8 Å². The number of carbonyl (C=O) groups is 2. The van der Waals surface area contributed by atoms with E-state index in [2.05, 4.69) is 51.1 Å². The van der Waals surface area contributed by atoms with Crippen LogP contribution in [-0.2, 0) is 47.5 Å². The Balaban J connectivity index is 1.20. The summed E-state index contributed by atoms with van der Waals surface area (Å²) in [4.78, 5) is 30.4. The van der Waals surface area contributed by atoms with E-state index in [9.17, 15) is 9.59 Å². The smallest absolute Gasteiger partial charge is 0.306 e. The van der Waals surface area contributed by atoms with Crippen molar-refractivity contribution in [2.24, 2.45) is 35.5 Å². The van der Waals surface area contributed by atoms with E-state index in [4.69, 9.17) is 37.9 Å². The van der Waals surface area contributed by atoms with E-state index in [0.717, 1.165) is 50.5 Å². The summed E-state index contributed by atoms with van der Waals surface area (Å²) in [6.07, 6.45) is 10.8. The first-order valence-electron chi connectivity index (χ1n) is 20.0. The van der Waals surface area contributed by atoms with E-state index in [-0.39, 0.29) is 96.8 Å². The number of ether oxygens (including phenoxy) is 8. The van der Waals surface area contributed by atoms with E-state index < -0.39 is 12.4 Å². The Kier molecular flexibility index (Phi) is 13.4. The number of hydrogen-bond acceptors (Lipinski definition) is 11. The van der Waals surface area contributed by atoms with E-state index >= 15 is 0 Å². The summed E-state index contributed by atoms with van der Waals surface area (Å²) < 4.78 is 49.5. The molecule has 11 nitrogen and oxygen atoms in total. The maximum atomic E-state index is 14.7. The topological polar surface area (TPSA) is 111 Å². The number of methoxy groups -OCH3 is 3. The van der Waals surface area contributed by atoms with Gasteiger partial charge in [0.15, 0.2) is 18.4 Å². The maximum Gasteiger partial charge on any atom is 0.306 e. The van der Waals surface area contributed by atoms with Gasteiger partial charge in [-0.3, -0.25) is 9.59 Å². The molecule has 3 aliphatic heterocycles. The predicted octanol–water partition coefficient (Wildman–Crippen LogP) is 5.49. The highest BCUT2D eigenvalue weighted by molar-refractivity contribution is 5.99. The average Bonchev–Trinajstić information content (AvgIpc) is 3.70. The molecular formula is C41H65NO10. The second-order valence-corrected chi connectivity index (χ2v) is 16.5. The van der Waals surface area contributed by atoms with E-state index in [1.54, 1.807) is 21.3 Å². The van der Waals surface area contributed by atoms with E-state index in [0.29, 0.717) is 18.4 Å². The van der Waals surface area contributed by atoms with Crippen LogP contribution in [0.4, 0.5) is 0 Å². The molecule has 52 heavy (non-hydrogen) atoms. The molecule has 3 heterocycles. The second-order valence-electron chi connectivity index (χ2n) is 16.5. The number of allylic oxidation sites excluding steroid dienone is 4. The first-order valence-corrected chi connectivity index (χ1v) is 20.0. The van der Waals surface area contributed by atoms with Gasteiger partial charge in [0.1, 0.15) is 24.4 Å². The summed E-state index contributed by atoms with van der Waals surface area (Å²) >= 11 is 0. The van der Waals surface area contributed by atoms with Crippen LogP contribution in [0, 0.1) is 35.5 Å². The van der Waals surface area contributed by atoms with E-state index in [1.807, 2.05) is 13.8 Å². The van der Waals surface area contributed by atoms with Gasteiger partial charge in [-0.25, -0.2) is 0 Å². The Labute approximate surface area is 311 Å². The monoisotopic (exact) mass is 731 g/mol. The van der Waals surface area contributed by atoms with Crippen molar-refractivity contribution in [1.82, 2.24) is 4.90 Å². The number of nitrogens with zero attached hydrogens (tertiary/aromatic N) is 1. The summed E-state index contributed by atoms with van der Waals surface area (Å²) in [5, 5.41) is 0. The summed E-state index contributed by atoms with van der Waals surface area (Å²) in [7, 11) is 9.15. The van der Waals surface area contributed by atoms with Gasteiger partial charge >= 0.3 is 5.97 Å². The third-order valence-electron chi connectivity index (χ3n) is 13.3. The molecule has 0 radical (unpaired) electrons. The van der Waals surface area contributed by atoms with Gasteiger partial charge in [0.2, 0.25) is 0 Å². The number of Topliss-reactive ketones (excluding diaryl/α,β-unsaturated/α-hetero) is 1. The Morgan fingerprint density at radius 2 is 1.58 bits per heavy atom. The number of carbonyl (C=O) groups excluding carboxylic acids is 2. The highest BCUT2D eigenvalue weighted by atomic mass is 16.7. The van der Waals surface area contributed by atoms with Crippen LogP contribution in [0.25, 0.3) is 0 Å². The lowest BCUT2D eigenvalue weighted by molar-refractivity contribution is -0.314. The minimum Gasteiger partial charge on any atom is -0.462 e. The maximum absolute atomic E-state index is 14.7. The molecule has 0 N–H and O–H groups in total. The first kappa shape index (κ1) is 40.0. The van der Waals surface area contributed by atoms with Crippen molar-refractivity contribution in [2.45, 2.75) is 153 Å². The molecule has 1 saturated carbocycles. The van der Waals surface area contributed by atoms with Gasteiger partial charge in [-0.15, -0.1) is 0 Å². The molecule has 3 aliphatic carbocycles. The number of likely N-dealkylation sites (N-methyl/N-ethyl adjacent to an activating group) is 1. The van der Waals surface area contributed by atoms with Crippen LogP contribution in [0.15, 0.2) is 23.8 Å². The SMILES string of the molecule is CC[C@H]1CCC[C@H](O[C@H]2CC[C@H](N(C)C)[C@@H](C)O2)[C@@H](C)C(=O)C2=C[C@H]3[C@@H]4C[C@H](O[C@@H]5O[C@@H](C)[C@H](OC)[C@@H](OC)[C@H]5OC)C[C@H]4C=C[C@@H]3C2CC(=O)O1. The molecule has 0 aromatic rings. The van der Waals surface area contributed by atoms with Crippen molar-refractivity contribution in [3.8, 4) is 0 Å². The Morgan fingerprint density at radius 1 is 0.827 bits per heavy atom. The number of fused-ring (bicyclic) bond motifs is 5. The zero-order chi connectivity index (χ0) is 37.3. The molecule has 0 amide bonds. The van der Waals surface area contributed by atoms with Crippen molar-refractivity contribution in [2.75, 3.05) is 35.4 Å². The molecule has 0 aromatic carbocycles. The molecule has 4 fully saturated rings. The molecule has 6 aliphatic rings. The third-order valence-corrected chi connectivity index (χ3v) is 13.3. The number of esters is 1. The van der Waals surface area contributed by atoms with Crippen LogP contribution < -0.4 is 0 Å². The molecule has 17 atom stereocenters. The number of hydrogen-bond donors (Lipinski definition) is 0. The molecule has 1 unspecified atom stereocenters. The minimum atomic E-state index is -0.594. The van der Waals surface area contributed by atoms with Gasteiger partial charge in [-0.1, -0.05) is 32.1 Å². The fourth-order valence-corrected chi connectivity index (χ4v) is 10.4. The van der Waals surface area contributed by atoms with Crippen LogP contribution >= 0.6 is 0 Å². The van der Waals surface area contributed by atoms with Gasteiger partial charge in [0, 0.05) is 39.2 Å². The molecule has 0 bridgehead atoms. The molecule has 6 rings (SSSR count). The molecular weight excluding hydrogens is 666 g/mol. The average molecular weight is 732 g/mol. The second kappa shape index (κ2) is 17.4. The van der Waals surface area contributed by atoms with Crippen molar-refractivity contribution in [3.05, 3.63) is 23.8 Å². The highest BCUT2D eigenvalue weighted by Crippen LogP contribution is 2.54. The fraction of sp³-hybridized carbons (Fsp3) is 0.854. The van der Waals surface area contributed by atoms with Crippen LogP contribution in [-0.4, -0.2) is 120 Å². The standard InChI is InChI=1S/C41H65NO10/c1-10-26-12-11-13-34(52-36-17-16-33(42(5)6)23(3)48-36)22(2)37(44)32-20-30-28(31(32)21-35(43)50-26)15-14-25-18-27(19-29(25)30)51-41-40(47-9)39(46-8)38(45-7)24(4)49-41/h14-15,20,22-31,33-34,36,38-41H,10-13,16-19,21H2,1-9H3/t22-,23-,24+,25-,26+,27-,28+,29-,30-,31?,33+,34+,36+,38+,39-,40-,41+/m1/s1. The first-order chi connectivity index (χ1) is 25.0. The molecule has 0 spiro atoms. The van der Waals surface area contributed by atoms with Crippen LogP contribution in [0.3, 0.4) is 0 Å². The molecule has 294 valence electrons. The minimum absolute atomic E-state index is 0.0380. The summed E-state index contributed by atoms with van der Waals surface area (Å²) in [6.45, 7) is 8.17. The van der Waals surface area contributed by atoms with Gasteiger partial charge in [0.25, 0.3) is 0 Å². The van der Waals surface area contributed by atoms with Crippen LogP contribution in [0.1, 0.15) is 85.5 Å². The quantitative estimate of drug-likeness (QED) is 0.222. The predicted molar refractivity (Wildman–Crippen MR) is 194 cm³/mol. The third kappa shape index (κ3) is 8.27. The Hall–Kier alpha value is -1.70. The van der Waals surface area contributed by atoms with Gasteiger partial charge in [-0.2, -0.15) is 0 Å². The summed E-state index contributed by atoms with van der Waals surface area (Å²) in [5.41, 5.74) is 0.763. The lowest BCUT2D eigenvalue weighted by Gasteiger charge is -2.44. The lowest BCUT2D eigenvalue weighted by Crippen LogP contribution is -2.59. The Bertz CT molecular complexity index is 1290. The zero-order valence-corrected chi connectivity index (χ0v) is 32.9. The number of cyclic esters (lactones) is 1. The molecule has 0 aromatic heterocycles. The normalized spacial score (nSPS) is 45.7. The van der Waals surface area contributed by atoms with Crippen LogP contribution in [0.5, 0.6) is 0 Å². The van der Waals surface area contributed by atoms with Crippen molar-refractivity contribution in [1.29, 1.82) is 0 Å². The number of rotatable bonds is 9. The van der Waals surface area contributed by atoms with Crippen LogP contribution in [0.2, 0.25) is 0 Å². The van der Waals surface area contributed by atoms with Crippen molar-refractivity contribution in [3.63, 3.8) is 0 Å². The molecule has 11 heteroatoms. The van der Waals surface area contributed by atoms with Gasteiger partial charge in [-0.05, 0) is 109 Å². The molecule has 3 saturated heterocycles. The van der Waals surface area contributed by atoms with Crippen molar-refractivity contribution >= 4 is 11.8 Å². The zero-order valence-electron chi connectivity index (χ0n) is 32.9. The summed E-state index contributed by atoms with van der Waals surface area (Å²) in [5.74, 6) is 0.0198. The highest BCUT2D eigenvalue weighted by Gasteiger charge is 2.52. The fourth-order valence-electron chi connectivity index (χ4n) is 10.4. The Morgan fingerprint density at radius 3 is 2.25 bits per heavy atom. The number of ketones is 1. The largest absolute Gasteiger partial charge is 0.462 e.